The number of carbonyl (C=O) groups is 1. The number of benzene rings is 1. The fraction of sp³-hybridized carbons (Fsp3) is 0.421. The van der Waals surface area contributed by atoms with E-state index in [4.69, 9.17) is 4.74 Å². The van der Waals surface area contributed by atoms with Crippen LogP contribution in [0.2, 0.25) is 0 Å². The molecule has 1 amide bonds. The molecule has 1 aliphatic heterocycles. The Kier molecular flexibility index (Phi) is 6.51. The third-order valence-electron chi connectivity index (χ3n) is 4.46. The third kappa shape index (κ3) is 5.79. The van der Waals surface area contributed by atoms with Gasteiger partial charge in [-0.25, -0.2) is 0 Å². The van der Waals surface area contributed by atoms with E-state index in [0.29, 0.717) is 13.1 Å². The van der Waals surface area contributed by atoms with Gasteiger partial charge in [0.2, 0.25) is 0 Å². The molecule has 2 atom stereocenters. The fourth-order valence-corrected chi connectivity index (χ4v) is 4.03. The Hall–Kier alpha value is -1.90. The van der Waals surface area contributed by atoms with Crippen molar-refractivity contribution >= 4 is 22.9 Å². The number of thiophene rings is 1. The van der Waals surface area contributed by atoms with E-state index in [1.807, 2.05) is 17.5 Å². The Morgan fingerprint density at radius 1 is 1.26 bits per heavy atom. The summed E-state index contributed by atoms with van der Waals surface area (Å²) in [5.41, 5.74) is -1.04. The Balaban J connectivity index is 1.67. The largest absolute Gasteiger partial charge is 0.418 e. The van der Waals surface area contributed by atoms with Crippen LogP contribution in [-0.4, -0.2) is 31.7 Å². The van der Waals surface area contributed by atoms with Crippen LogP contribution in [0.25, 0.3) is 0 Å². The molecular weight excluding hydrogens is 377 g/mol. The lowest BCUT2D eigenvalue weighted by Gasteiger charge is -2.22. The highest BCUT2D eigenvalue weighted by Gasteiger charge is 2.34. The van der Waals surface area contributed by atoms with Crippen LogP contribution < -0.4 is 10.2 Å². The van der Waals surface area contributed by atoms with Crippen LogP contribution in [0.4, 0.5) is 18.9 Å². The molecule has 0 spiro atoms. The summed E-state index contributed by atoms with van der Waals surface area (Å²) in [5, 5.41) is 4.41. The molecule has 146 valence electrons. The molecule has 0 radical (unpaired) electrons. The molecule has 1 aromatic carbocycles. The number of ether oxygens (including phenoxy) is 1. The van der Waals surface area contributed by atoms with Crippen molar-refractivity contribution < 1.29 is 27.6 Å². The van der Waals surface area contributed by atoms with Gasteiger partial charge in [-0.1, -0.05) is 18.2 Å². The first-order valence-electron chi connectivity index (χ1n) is 8.85. The minimum atomic E-state index is -4.51. The quantitative estimate of drug-likeness (QED) is 0.752. The second-order valence-corrected chi connectivity index (χ2v) is 7.65. The average molecular weight is 399 g/mol. The van der Waals surface area contributed by atoms with Gasteiger partial charge in [0.05, 0.1) is 16.1 Å². The molecule has 2 heterocycles. The highest BCUT2D eigenvalue weighted by atomic mass is 32.1. The molecule has 0 saturated carbocycles. The Morgan fingerprint density at radius 2 is 2.07 bits per heavy atom. The molecule has 1 unspecified atom stereocenters. The van der Waals surface area contributed by atoms with E-state index in [2.05, 4.69) is 5.32 Å². The predicted molar refractivity (Wildman–Crippen MR) is 97.8 cm³/mol. The molecule has 4 nitrogen and oxygen atoms in total. The highest BCUT2D eigenvalue weighted by molar-refractivity contribution is 7.09. The topological polar surface area (TPSA) is 42.8 Å². The normalized spacial score (nSPS) is 18.4. The van der Waals surface area contributed by atoms with Gasteiger partial charge in [0.25, 0.3) is 5.91 Å². The molecule has 3 rings (SSSR count). The fourth-order valence-electron chi connectivity index (χ4n) is 3.25. The van der Waals surface area contributed by atoms with Crippen LogP contribution in [-0.2, 0) is 22.3 Å². The summed E-state index contributed by atoms with van der Waals surface area (Å²) in [4.78, 5) is 14.6. The van der Waals surface area contributed by atoms with Gasteiger partial charge in [-0.15, -0.1) is 11.3 Å². The van der Waals surface area contributed by atoms with Crippen LogP contribution in [0.3, 0.4) is 0 Å². The molecule has 0 aliphatic carbocycles. The van der Waals surface area contributed by atoms with Crippen molar-refractivity contribution in [2.24, 2.45) is 0 Å². The van der Waals surface area contributed by atoms with Crippen LogP contribution in [0.5, 0.6) is 0 Å². The second-order valence-electron chi connectivity index (χ2n) is 6.61. The maximum atomic E-state index is 13.1. The van der Waals surface area contributed by atoms with Crippen molar-refractivity contribution in [3.63, 3.8) is 0 Å². The maximum Gasteiger partial charge on any atom is 0.418 e. The van der Waals surface area contributed by atoms with E-state index in [1.165, 1.54) is 18.2 Å². The molecule has 8 heteroatoms. The molecule has 1 aromatic heterocycles. The summed E-state index contributed by atoms with van der Waals surface area (Å²) in [6.07, 6.45) is -2.46. The Labute approximate surface area is 159 Å². The van der Waals surface area contributed by atoms with Crippen LogP contribution in [0.1, 0.15) is 23.3 Å². The molecular formula is C19H22F3N2O2S+. The molecule has 2 N–H and O–H groups in total. The van der Waals surface area contributed by atoms with Crippen molar-refractivity contribution in [1.82, 2.24) is 0 Å². The summed E-state index contributed by atoms with van der Waals surface area (Å²) in [6, 6.07) is 8.98. The number of carbonyl (C=O) groups excluding carboxylic acids is 1. The standard InChI is InChI=1S/C19H21F3N2O2S/c20-19(21,22)16-7-1-2-8-17(16)23-18(25)13-24(11-14-5-3-9-26-14)12-15-6-4-10-27-15/h1-2,4,6-8,10,14H,3,5,9,11-13H2,(H,23,25)/p+1/t14-/m1/s1. The second kappa shape index (κ2) is 8.86. The summed E-state index contributed by atoms with van der Waals surface area (Å²) in [6.45, 7) is 2.12. The van der Waals surface area contributed by atoms with Crippen molar-refractivity contribution in [1.29, 1.82) is 0 Å². The number of anilines is 1. The number of hydrogen-bond acceptors (Lipinski definition) is 3. The smallest absolute Gasteiger partial charge is 0.372 e. The van der Waals surface area contributed by atoms with Crippen LogP contribution in [0.15, 0.2) is 41.8 Å². The van der Waals surface area contributed by atoms with Crippen LogP contribution >= 0.6 is 11.3 Å². The SMILES string of the molecule is O=C(C[NH+](Cc1cccs1)C[C@H]1CCCO1)Nc1ccccc1C(F)(F)F. The Bertz CT molecular complexity index is 744. The van der Waals surface area contributed by atoms with Gasteiger partial charge in [0.1, 0.15) is 19.2 Å². The number of rotatable bonds is 7. The first kappa shape index (κ1) is 19.9. The minimum Gasteiger partial charge on any atom is -0.372 e. The van der Waals surface area contributed by atoms with Gasteiger partial charge in [-0.05, 0) is 36.4 Å². The summed E-state index contributed by atoms with van der Waals surface area (Å²) in [5.74, 6) is -0.434. The molecule has 27 heavy (non-hydrogen) atoms. The van der Waals surface area contributed by atoms with Crippen molar-refractivity contribution in [3.8, 4) is 0 Å². The number of nitrogens with one attached hydrogen (secondary N) is 2. The molecule has 1 saturated heterocycles. The van der Waals surface area contributed by atoms with Crippen molar-refractivity contribution in [2.75, 3.05) is 25.0 Å². The van der Waals surface area contributed by atoms with Gasteiger partial charge in [-0.2, -0.15) is 13.2 Å². The van der Waals surface area contributed by atoms with Crippen molar-refractivity contribution in [3.05, 3.63) is 52.2 Å². The first-order valence-corrected chi connectivity index (χ1v) is 9.73. The van der Waals surface area contributed by atoms with Gasteiger partial charge < -0.3 is 15.0 Å². The van der Waals surface area contributed by atoms with E-state index < -0.39 is 17.6 Å². The zero-order chi connectivity index (χ0) is 19.3. The van der Waals surface area contributed by atoms with Crippen LogP contribution in [0, 0.1) is 0 Å². The number of halogens is 3. The number of amides is 1. The number of hydrogen-bond donors (Lipinski definition) is 2. The zero-order valence-corrected chi connectivity index (χ0v) is 15.5. The number of para-hydroxylation sites is 1. The first-order chi connectivity index (χ1) is 12.9. The van der Waals surface area contributed by atoms with Gasteiger partial charge in [0, 0.05) is 6.61 Å². The van der Waals surface area contributed by atoms with E-state index in [9.17, 15) is 18.0 Å². The lowest BCUT2D eigenvalue weighted by Crippen LogP contribution is -3.12. The summed E-state index contributed by atoms with van der Waals surface area (Å²) < 4.78 is 45.0. The molecule has 2 aromatic rings. The van der Waals surface area contributed by atoms with E-state index in [-0.39, 0.29) is 18.3 Å². The number of alkyl halides is 3. The lowest BCUT2D eigenvalue weighted by atomic mass is 10.1. The maximum absolute atomic E-state index is 13.1. The van der Waals surface area contributed by atoms with Gasteiger partial charge in [-0.3, -0.25) is 4.79 Å². The minimum absolute atomic E-state index is 0.0873. The van der Waals surface area contributed by atoms with Gasteiger partial charge >= 0.3 is 6.18 Å². The number of quaternary nitrogens is 1. The zero-order valence-electron chi connectivity index (χ0n) is 14.7. The molecule has 0 bridgehead atoms. The monoisotopic (exact) mass is 399 g/mol. The third-order valence-corrected chi connectivity index (χ3v) is 5.34. The lowest BCUT2D eigenvalue weighted by molar-refractivity contribution is -0.908. The van der Waals surface area contributed by atoms with E-state index in [0.717, 1.165) is 35.3 Å². The highest BCUT2D eigenvalue weighted by Crippen LogP contribution is 2.34. The van der Waals surface area contributed by atoms with Gasteiger partial charge in [0.15, 0.2) is 6.54 Å². The Morgan fingerprint density at radius 3 is 2.74 bits per heavy atom. The summed E-state index contributed by atoms with van der Waals surface area (Å²) in [7, 11) is 0. The van der Waals surface area contributed by atoms with E-state index >= 15 is 0 Å². The average Bonchev–Trinajstić information content (AvgIpc) is 3.28. The molecule has 1 fully saturated rings. The van der Waals surface area contributed by atoms with E-state index in [1.54, 1.807) is 11.3 Å². The molecule has 1 aliphatic rings. The van der Waals surface area contributed by atoms with Crippen molar-refractivity contribution in [2.45, 2.75) is 31.7 Å². The predicted octanol–water partition coefficient (Wildman–Crippen LogP) is 2.97. The summed E-state index contributed by atoms with van der Waals surface area (Å²) >= 11 is 1.60.